The molecular weight excluding hydrogens is 368 g/mol. The second-order valence-corrected chi connectivity index (χ2v) is 7.10. The topological polar surface area (TPSA) is 70.7 Å². The average molecular weight is 383 g/mol. The van der Waals surface area contributed by atoms with Crippen LogP contribution >= 0.6 is 22.9 Å². The van der Waals surface area contributed by atoms with Gasteiger partial charge in [-0.25, -0.2) is 4.98 Å². The third-order valence-electron chi connectivity index (χ3n) is 4.06. The van der Waals surface area contributed by atoms with Crippen molar-refractivity contribution in [2.45, 2.75) is 6.42 Å². The van der Waals surface area contributed by atoms with Crippen LogP contribution in [0.15, 0.2) is 55.0 Å². The number of nitrogens with zero attached hydrogens (tertiary/aromatic N) is 2. The highest BCUT2D eigenvalue weighted by molar-refractivity contribution is 7.17. The number of benzene rings is 1. The van der Waals surface area contributed by atoms with Crippen molar-refractivity contribution in [3.05, 3.63) is 70.6 Å². The van der Waals surface area contributed by atoms with Gasteiger partial charge in [0.05, 0.1) is 0 Å². The number of amides is 1. The van der Waals surface area contributed by atoms with Crippen LogP contribution in [0.1, 0.15) is 15.2 Å². The molecule has 1 aromatic carbocycles. The van der Waals surface area contributed by atoms with E-state index in [-0.39, 0.29) is 11.1 Å². The van der Waals surface area contributed by atoms with Crippen LogP contribution in [0, 0.1) is 0 Å². The maximum Gasteiger partial charge on any atom is 0.264 e. The van der Waals surface area contributed by atoms with Crippen LogP contribution in [0.3, 0.4) is 0 Å². The average Bonchev–Trinajstić information content (AvgIpc) is 3.26. The molecule has 4 rings (SSSR count). The smallest absolute Gasteiger partial charge is 0.264 e. The van der Waals surface area contributed by atoms with Crippen molar-refractivity contribution in [1.29, 1.82) is 0 Å². The highest BCUT2D eigenvalue weighted by Gasteiger charge is 2.17. The molecule has 1 amide bonds. The summed E-state index contributed by atoms with van der Waals surface area (Å²) in [5.74, 6) is -0.206. The number of para-hydroxylation sites is 1. The first-order valence-corrected chi connectivity index (χ1v) is 9.32. The van der Waals surface area contributed by atoms with Crippen molar-refractivity contribution in [2.24, 2.45) is 0 Å². The summed E-state index contributed by atoms with van der Waals surface area (Å²) in [4.78, 5) is 24.5. The summed E-state index contributed by atoms with van der Waals surface area (Å²) in [6.07, 6.45) is 6.11. The lowest BCUT2D eigenvalue weighted by molar-refractivity contribution is 0.0958. The highest BCUT2D eigenvalue weighted by atomic mass is 35.5. The predicted octanol–water partition coefficient (Wildman–Crippen LogP) is 4.31. The molecular formula is C19H15ClN4OS. The van der Waals surface area contributed by atoms with Gasteiger partial charge in [-0.05, 0) is 30.2 Å². The molecule has 7 heteroatoms. The molecule has 0 aliphatic carbocycles. The predicted molar refractivity (Wildman–Crippen MR) is 105 cm³/mol. The third kappa shape index (κ3) is 3.34. The first-order chi connectivity index (χ1) is 12.7. The maximum absolute atomic E-state index is 12.5. The molecule has 0 unspecified atom stereocenters. The number of hydrogen-bond donors (Lipinski definition) is 2. The van der Waals surface area contributed by atoms with E-state index in [1.807, 2.05) is 36.5 Å². The summed E-state index contributed by atoms with van der Waals surface area (Å²) in [6, 6.07) is 11.8. The van der Waals surface area contributed by atoms with Gasteiger partial charge in [0.2, 0.25) is 0 Å². The molecule has 0 saturated heterocycles. The molecule has 26 heavy (non-hydrogen) atoms. The van der Waals surface area contributed by atoms with Gasteiger partial charge >= 0.3 is 0 Å². The molecule has 0 spiro atoms. The molecule has 0 aliphatic rings. The molecule has 3 heterocycles. The lowest BCUT2D eigenvalue weighted by atomic mass is 10.1. The van der Waals surface area contributed by atoms with Gasteiger partial charge in [-0.1, -0.05) is 29.8 Å². The Morgan fingerprint density at radius 2 is 2.12 bits per heavy atom. The summed E-state index contributed by atoms with van der Waals surface area (Å²) < 4.78 is 0. The number of carbonyl (C=O) groups is 1. The molecule has 4 aromatic rings. The SMILES string of the molecule is O=C(NCCc1c[nH]c2ccccc12)c1sc(-c2cccnc2)nc1Cl. The Labute approximate surface area is 159 Å². The lowest BCUT2D eigenvalue weighted by Gasteiger charge is -2.03. The van der Waals surface area contributed by atoms with E-state index in [9.17, 15) is 4.79 Å². The van der Waals surface area contributed by atoms with Crippen LogP contribution < -0.4 is 5.32 Å². The zero-order chi connectivity index (χ0) is 17.9. The Balaban J connectivity index is 1.43. The normalized spacial score (nSPS) is 11.0. The number of carbonyl (C=O) groups excluding carboxylic acids is 1. The Morgan fingerprint density at radius 1 is 1.23 bits per heavy atom. The first-order valence-electron chi connectivity index (χ1n) is 8.12. The first kappa shape index (κ1) is 16.8. The van der Waals surface area contributed by atoms with Crippen LogP contribution in [-0.2, 0) is 6.42 Å². The Bertz CT molecular complexity index is 1060. The number of nitrogens with one attached hydrogen (secondary N) is 2. The van der Waals surface area contributed by atoms with E-state index in [0.29, 0.717) is 16.4 Å². The molecule has 0 fully saturated rings. The number of aromatic amines is 1. The Hall–Kier alpha value is -2.70. The third-order valence-corrected chi connectivity index (χ3v) is 5.54. The molecule has 0 radical (unpaired) electrons. The number of hydrogen-bond acceptors (Lipinski definition) is 4. The van der Waals surface area contributed by atoms with Gasteiger partial charge < -0.3 is 10.3 Å². The molecule has 0 bridgehead atoms. The summed E-state index contributed by atoms with van der Waals surface area (Å²) in [5, 5.41) is 5.01. The van der Waals surface area contributed by atoms with Crippen LogP contribution in [-0.4, -0.2) is 27.4 Å². The maximum atomic E-state index is 12.5. The number of fused-ring (bicyclic) bond motifs is 1. The summed E-state index contributed by atoms with van der Waals surface area (Å²) in [7, 11) is 0. The van der Waals surface area contributed by atoms with Crippen molar-refractivity contribution in [3.63, 3.8) is 0 Å². The Kier molecular flexibility index (Phi) is 4.69. The van der Waals surface area contributed by atoms with Crippen LogP contribution in [0.25, 0.3) is 21.5 Å². The monoisotopic (exact) mass is 382 g/mol. The van der Waals surface area contributed by atoms with Gasteiger partial charge in [0, 0.05) is 41.6 Å². The zero-order valence-corrected chi connectivity index (χ0v) is 15.3. The van der Waals surface area contributed by atoms with E-state index in [2.05, 4.69) is 26.3 Å². The zero-order valence-electron chi connectivity index (χ0n) is 13.7. The van der Waals surface area contributed by atoms with Crippen molar-refractivity contribution < 1.29 is 4.79 Å². The molecule has 5 nitrogen and oxygen atoms in total. The summed E-state index contributed by atoms with van der Waals surface area (Å²) in [5.41, 5.74) is 3.12. The van der Waals surface area contributed by atoms with E-state index in [0.717, 1.165) is 17.5 Å². The van der Waals surface area contributed by atoms with Gasteiger partial charge in [-0.3, -0.25) is 9.78 Å². The van der Waals surface area contributed by atoms with Crippen molar-refractivity contribution in [2.75, 3.05) is 6.54 Å². The van der Waals surface area contributed by atoms with Crippen molar-refractivity contribution >= 4 is 39.7 Å². The summed E-state index contributed by atoms with van der Waals surface area (Å²) in [6.45, 7) is 0.525. The summed E-state index contributed by atoms with van der Waals surface area (Å²) >= 11 is 7.43. The minimum absolute atomic E-state index is 0.206. The second-order valence-electron chi connectivity index (χ2n) is 5.75. The van der Waals surface area contributed by atoms with Gasteiger partial charge in [-0.15, -0.1) is 11.3 Å². The minimum Gasteiger partial charge on any atom is -0.361 e. The van der Waals surface area contributed by atoms with E-state index in [1.165, 1.54) is 22.3 Å². The quantitative estimate of drug-likeness (QED) is 0.540. The standard InChI is InChI=1S/C19H15ClN4OS/c20-17-16(26-19(24-17)13-4-3-8-21-10-13)18(25)22-9-7-12-11-23-15-6-2-1-5-14(12)15/h1-6,8,10-11,23H,7,9H2,(H,22,25). The van der Waals surface area contributed by atoms with Crippen LogP contribution in [0.2, 0.25) is 5.15 Å². The number of thiazole rings is 1. The van der Waals surface area contributed by atoms with Crippen LogP contribution in [0.4, 0.5) is 0 Å². The number of rotatable bonds is 5. The van der Waals surface area contributed by atoms with E-state index >= 15 is 0 Å². The van der Waals surface area contributed by atoms with E-state index < -0.39 is 0 Å². The van der Waals surface area contributed by atoms with Gasteiger partial charge in [0.1, 0.15) is 9.88 Å². The molecule has 0 aliphatic heterocycles. The molecule has 2 N–H and O–H groups in total. The van der Waals surface area contributed by atoms with Crippen molar-refractivity contribution in [1.82, 2.24) is 20.3 Å². The second kappa shape index (κ2) is 7.27. The fraction of sp³-hybridized carbons (Fsp3) is 0.105. The number of H-pyrrole nitrogens is 1. The molecule has 0 saturated carbocycles. The van der Waals surface area contributed by atoms with Gasteiger partial charge in [0.25, 0.3) is 5.91 Å². The lowest BCUT2D eigenvalue weighted by Crippen LogP contribution is -2.25. The number of aromatic nitrogens is 3. The Morgan fingerprint density at radius 3 is 2.96 bits per heavy atom. The molecule has 3 aromatic heterocycles. The van der Waals surface area contributed by atoms with Crippen molar-refractivity contribution in [3.8, 4) is 10.6 Å². The van der Waals surface area contributed by atoms with E-state index in [1.54, 1.807) is 12.4 Å². The van der Waals surface area contributed by atoms with Gasteiger partial charge in [0.15, 0.2) is 5.15 Å². The van der Waals surface area contributed by atoms with E-state index in [4.69, 9.17) is 11.6 Å². The fourth-order valence-electron chi connectivity index (χ4n) is 2.78. The minimum atomic E-state index is -0.206. The van der Waals surface area contributed by atoms with Crippen LogP contribution in [0.5, 0.6) is 0 Å². The fourth-order valence-corrected chi connectivity index (χ4v) is 3.98. The number of halogens is 1. The highest BCUT2D eigenvalue weighted by Crippen LogP contribution is 2.30. The number of pyridine rings is 1. The van der Waals surface area contributed by atoms with Gasteiger partial charge in [-0.2, -0.15) is 0 Å². The molecule has 0 atom stereocenters. The largest absolute Gasteiger partial charge is 0.361 e. The molecule has 130 valence electrons.